The average molecular weight is 175 g/mol. The fourth-order valence-corrected chi connectivity index (χ4v) is 0.400. The molecule has 5 heteroatoms. The molecule has 0 saturated heterocycles. The van der Waals surface area contributed by atoms with Crippen LogP contribution >= 0.6 is 0 Å². The van der Waals surface area contributed by atoms with Crippen molar-refractivity contribution in [1.29, 1.82) is 0 Å². The minimum atomic E-state index is -0.333. The van der Waals surface area contributed by atoms with Crippen molar-refractivity contribution in [3.63, 3.8) is 0 Å². The molecule has 72 valence electrons. The maximum absolute atomic E-state index is 10.7. The molecular formula is C7H17N3O2. The Balaban J connectivity index is 0. The molecule has 0 unspecified atom stereocenters. The Morgan fingerprint density at radius 1 is 1.00 bits per heavy atom. The van der Waals surface area contributed by atoms with E-state index in [1.165, 1.54) is 16.7 Å². The molecule has 0 fully saturated rings. The lowest BCUT2D eigenvalue weighted by Crippen LogP contribution is -2.33. The molecule has 0 aromatic carbocycles. The van der Waals surface area contributed by atoms with Gasteiger partial charge in [-0.15, -0.1) is 0 Å². The normalized spacial score (nSPS) is 7.75. The molecule has 0 spiro atoms. The standard InChI is InChI=1S/C5H12N2O.C2H5NO/c1-6(2)5(8)7(3)4;1-2(3)4/h1-4H3;1H3,(H2,3,4). The highest BCUT2D eigenvalue weighted by Crippen LogP contribution is 1.83. The molecule has 5 nitrogen and oxygen atoms in total. The molecule has 12 heavy (non-hydrogen) atoms. The zero-order valence-corrected chi connectivity index (χ0v) is 8.29. The van der Waals surface area contributed by atoms with Gasteiger partial charge >= 0.3 is 6.03 Å². The first-order valence-corrected chi connectivity index (χ1v) is 3.43. The Bertz CT molecular complexity index is 141. The minimum absolute atomic E-state index is 0.0185. The first kappa shape index (κ1) is 13.3. The number of nitrogens with two attached hydrogens (primary N) is 1. The Morgan fingerprint density at radius 3 is 1.17 bits per heavy atom. The van der Waals surface area contributed by atoms with Crippen LogP contribution in [0.5, 0.6) is 0 Å². The Hall–Kier alpha value is -1.26. The van der Waals surface area contributed by atoms with Gasteiger partial charge in [0.25, 0.3) is 0 Å². The van der Waals surface area contributed by atoms with Gasteiger partial charge in [0.05, 0.1) is 0 Å². The van der Waals surface area contributed by atoms with Gasteiger partial charge in [-0.2, -0.15) is 0 Å². The smallest absolute Gasteiger partial charge is 0.318 e. The molecule has 0 aromatic heterocycles. The van der Waals surface area contributed by atoms with E-state index in [1.807, 2.05) is 0 Å². The molecule has 0 radical (unpaired) electrons. The summed E-state index contributed by atoms with van der Waals surface area (Å²) in [6, 6.07) is 0.0185. The lowest BCUT2D eigenvalue weighted by molar-refractivity contribution is -0.115. The molecule has 0 atom stereocenters. The number of primary amides is 1. The van der Waals surface area contributed by atoms with Gasteiger partial charge in [-0.3, -0.25) is 4.79 Å². The molecule has 0 aromatic rings. The van der Waals surface area contributed by atoms with Crippen LogP contribution < -0.4 is 5.73 Å². The van der Waals surface area contributed by atoms with E-state index >= 15 is 0 Å². The summed E-state index contributed by atoms with van der Waals surface area (Å²) < 4.78 is 0. The van der Waals surface area contributed by atoms with Crippen molar-refractivity contribution in [2.24, 2.45) is 5.73 Å². The van der Waals surface area contributed by atoms with Gasteiger partial charge in [0.2, 0.25) is 5.91 Å². The second-order valence-electron chi connectivity index (χ2n) is 2.68. The average Bonchev–Trinajstić information content (AvgIpc) is 1.84. The number of hydrogen-bond acceptors (Lipinski definition) is 2. The molecule has 0 heterocycles. The molecule has 0 bridgehead atoms. The van der Waals surface area contributed by atoms with Crippen molar-refractivity contribution in [1.82, 2.24) is 9.80 Å². The van der Waals surface area contributed by atoms with Crippen molar-refractivity contribution in [3.8, 4) is 0 Å². The predicted octanol–water partition coefficient (Wildman–Crippen LogP) is -0.279. The fourth-order valence-electron chi connectivity index (χ4n) is 0.400. The third-order valence-corrected chi connectivity index (χ3v) is 0.765. The molecule has 3 amide bonds. The summed E-state index contributed by atoms with van der Waals surface area (Å²) in [5.74, 6) is -0.333. The number of hydrogen-bond donors (Lipinski definition) is 1. The van der Waals surface area contributed by atoms with E-state index in [0.29, 0.717) is 0 Å². The predicted molar refractivity (Wildman–Crippen MR) is 47.6 cm³/mol. The van der Waals surface area contributed by atoms with Crippen LogP contribution in [0, 0.1) is 0 Å². The van der Waals surface area contributed by atoms with Crippen LogP contribution in [0.3, 0.4) is 0 Å². The molecule has 0 aliphatic carbocycles. The van der Waals surface area contributed by atoms with E-state index in [4.69, 9.17) is 0 Å². The van der Waals surface area contributed by atoms with E-state index in [0.717, 1.165) is 0 Å². The quantitative estimate of drug-likeness (QED) is 0.550. The monoisotopic (exact) mass is 175 g/mol. The summed E-state index contributed by atoms with van der Waals surface area (Å²) >= 11 is 0. The van der Waals surface area contributed by atoms with Gasteiger partial charge in [0.1, 0.15) is 0 Å². The number of carbonyl (C=O) groups excluding carboxylic acids is 2. The zero-order chi connectivity index (χ0) is 10.3. The maximum Gasteiger partial charge on any atom is 0.318 e. The lowest BCUT2D eigenvalue weighted by atomic mass is 10.7. The lowest BCUT2D eigenvalue weighted by Gasteiger charge is -2.16. The highest BCUT2D eigenvalue weighted by molar-refractivity contribution is 5.73. The van der Waals surface area contributed by atoms with E-state index in [2.05, 4.69) is 5.73 Å². The number of amides is 3. The van der Waals surface area contributed by atoms with Crippen LogP contribution in [-0.4, -0.2) is 49.9 Å². The van der Waals surface area contributed by atoms with Crippen LogP contribution in [-0.2, 0) is 4.79 Å². The van der Waals surface area contributed by atoms with Gasteiger partial charge in [-0.05, 0) is 0 Å². The van der Waals surface area contributed by atoms with Gasteiger partial charge < -0.3 is 15.5 Å². The Morgan fingerprint density at radius 2 is 1.17 bits per heavy atom. The van der Waals surface area contributed by atoms with Crippen molar-refractivity contribution in [3.05, 3.63) is 0 Å². The molecular weight excluding hydrogens is 158 g/mol. The van der Waals surface area contributed by atoms with E-state index < -0.39 is 0 Å². The summed E-state index contributed by atoms with van der Waals surface area (Å²) in [4.78, 5) is 23.0. The number of carbonyl (C=O) groups is 2. The minimum Gasteiger partial charge on any atom is -0.370 e. The topological polar surface area (TPSA) is 66.6 Å². The SMILES string of the molecule is CC(N)=O.CN(C)C(=O)N(C)C. The molecule has 0 aliphatic heterocycles. The van der Waals surface area contributed by atoms with Crippen LogP contribution in [0.25, 0.3) is 0 Å². The summed E-state index contributed by atoms with van der Waals surface area (Å²) in [5.41, 5.74) is 4.47. The van der Waals surface area contributed by atoms with Crippen molar-refractivity contribution in [2.45, 2.75) is 6.92 Å². The summed E-state index contributed by atoms with van der Waals surface area (Å²) in [7, 11) is 6.90. The highest BCUT2D eigenvalue weighted by Gasteiger charge is 2.02. The summed E-state index contributed by atoms with van der Waals surface area (Å²) in [5, 5.41) is 0. The molecule has 0 saturated carbocycles. The second kappa shape index (κ2) is 6.45. The second-order valence-corrected chi connectivity index (χ2v) is 2.68. The Labute approximate surface area is 73.1 Å². The van der Waals surface area contributed by atoms with E-state index in [1.54, 1.807) is 28.2 Å². The van der Waals surface area contributed by atoms with Crippen LogP contribution in [0.2, 0.25) is 0 Å². The highest BCUT2D eigenvalue weighted by atomic mass is 16.2. The molecule has 0 aliphatic rings. The van der Waals surface area contributed by atoms with Crippen LogP contribution in [0.4, 0.5) is 4.79 Å². The first-order valence-electron chi connectivity index (χ1n) is 3.43. The number of nitrogens with zero attached hydrogens (tertiary/aromatic N) is 2. The van der Waals surface area contributed by atoms with E-state index in [-0.39, 0.29) is 11.9 Å². The van der Waals surface area contributed by atoms with Gasteiger partial charge in [-0.25, -0.2) is 4.79 Å². The number of urea groups is 1. The number of rotatable bonds is 0. The maximum atomic E-state index is 10.7. The third kappa shape index (κ3) is 11.5. The van der Waals surface area contributed by atoms with Gasteiger partial charge in [-0.1, -0.05) is 0 Å². The summed E-state index contributed by atoms with van der Waals surface area (Å²) in [6.45, 7) is 1.31. The van der Waals surface area contributed by atoms with Gasteiger partial charge in [0, 0.05) is 35.1 Å². The Kier molecular flexibility index (Phi) is 7.17. The summed E-state index contributed by atoms with van der Waals surface area (Å²) in [6.07, 6.45) is 0. The van der Waals surface area contributed by atoms with Gasteiger partial charge in [0.15, 0.2) is 0 Å². The first-order chi connectivity index (χ1) is 5.29. The molecule has 0 rings (SSSR count). The third-order valence-electron chi connectivity index (χ3n) is 0.765. The van der Waals surface area contributed by atoms with Crippen molar-refractivity contribution >= 4 is 11.9 Å². The van der Waals surface area contributed by atoms with Crippen LogP contribution in [0.1, 0.15) is 6.92 Å². The van der Waals surface area contributed by atoms with Crippen molar-refractivity contribution < 1.29 is 9.59 Å². The van der Waals surface area contributed by atoms with Crippen LogP contribution in [0.15, 0.2) is 0 Å². The van der Waals surface area contributed by atoms with E-state index in [9.17, 15) is 9.59 Å². The van der Waals surface area contributed by atoms with Crippen molar-refractivity contribution in [2.75, 3.05) is 28.2 Å². The largest absolute Gasteiger partial charge is 0.370 e. The molecule has 2 N–H and O–H groups in total. The zero-order valence-electron chi connectivity index (χ0n) is 8.29. The fraction of sp³-hybridized carbons (Fsp3) is 0.714.